The van der Waals surface area contributed by atoms with Crippen LogP contribution in [0.2, 0.25) is 0 Å². The summed E-state index contributed by atoms with van der Waals surface area (Å²) in [5.41, 5.74) is 6.19. The second kappa shape index (κ2) is 4.26. The molecule has 88 valence electrons. The minimum absolute atomic E-state index is 0.405. The molecule has 17 heavy (non-hydrogen) atoms. The second-order valence-electron chi connectivity index (χ2n) is 3.45. The Morgan fingerprint density at radius 2 is 2.06 bits per heavy atom. The molecule has 0 radical (unpaired) electrons. The first-order chi connectivity index (χ1) is 8.09. The number of hydrogen-bond donors (Lipinski definition) is 3. The molecule has 0 fully saturated rings. The van der Waals surface area contributed by atoms with Gasteiger partial charge in [0, 0.05) is 5.39 Å². The van der Waals surface area contributed by atoms with Gasteiger partial charge in [0.05, 0.1) is 5.69 Å². The van der Waals surface area contributed by atoms with Gasteiger partial charge in [0.15, 0.2) is 6.04 Å². The van der Waals surface area contributed by atoms with Gasteiger partial charge >= 0.3 is 5.97 Å². The van der Waals surface area contributed by atoms with Crippen molar-refractivity contribution in [2.45, 2.75) is 6.04 Å². The summed E-state index contributed by atoms with van der Waals surface area (Å²) >= 11 is 0. The number of carboxylic acid groups (broad SMARTS) is 1. The molecule has 0 saturated heterocycles. The van der Waals surface area contributed by atoms with Crippen LogP contribution in [-0.2, 0) is 9.59 Å². The van der Waals surface area contributed by atoms with Crippen LogP contribution in [0.15, 0.2) is 34.9 Å². The number of carboxylic acids is 1. The van der Waals surface area contributed by atoms with Gasteiger partial charge in [-0.1, -0.05) is 12.1 Å². The van der Waals surface area contributed by atoms with Crippen molar-refractivity contribution in [1.82, 2.24) is 0 Å². The van der Waals surface area contributed by atoms with E-state index in [0.29, 0.717) is 16.7 Å². The topological polar surface area (TPSA) is 106 Å². The van der Waals surface area contributed by atoms with Crippen LogP contribution in [-0.4, -0.2) is 23.0 Å². The van der Waals surface area contributed by atoms with E-state index < -0.39 is 17.9 Å². The average Bonchev–Trinajstić information content (AvgIpc) is 2.71. The highest BCUT2D eigenvalue weighted by atomic mass is 16.4. The maximum Gasteiger partial charge on any atom is 0.330 e. The van der Waals surface area contributed by atoms with Crippen LogP contribution < -0.4 is 11.1 Å². The lowest BCUT2D eigenvalue weighted by Crippen LogP contribution is -2.42. The van der Waals surface area contributed by atoms with Gasteiger partial charge in [0.1, 0.15) is 11.8 Å². The molecular formula is C11H10N2O4. The van der Waals surface area contributed by atoms with E-state index >= 15 is 0 Å². The third-order valence-electron chi connectivity index (χ3n) is 2.29. The van der Waals surface area contributed by atoms with Crippen LogP contribution in [0.25, 0.3) is 11.0 Å². The van der Waals surface area contributed by atoms with Gasteiger partial charge < -0.3 is 20.6 Å². The van der Waals surface area contributed by atoms with Gasteiger partial charge in [0.2, 0.25) is 0 Å². The molecule has 1 amide bonds. The van der Waals surface area contributed by atoms with E-state index in [1.165, 1.54) is 6.26 Å². The molecule has 1 aromatic heterocycles. The summed E-state index contributed by atoms with van der Waals surface area (Å²) in [5.74, 6) is -2.17. The molecule has 0 aliphatic heterocycles. The highest BCUT2D eigenvalue weighted by molar-refractivity contribution is 6.10. The van der Waals surface area contributed by atoms with Crippen molar-refractivity contribution >= 4 is 28.5 Å². The number of furan rings is 1. The second-order valence-corrected chi connectivity index (χ2v) is 3.45. The van der Waals surface area contributed by atoms with Gasteiger partial charge in [-0.3, -0.25) is 4.79 Å². The van der Waals surface area contributed by atoms with E-state index in [4.69, 9.17) is 15.3 Å². The summed E-state index contributed by atoms with van der Waals surface area (Å²) in [5, 5.41) is 11.7. The summed E-state index contributed by atoms with van der Waals surface area (Å²) in [4.78, 5) is 22.0. The van der Waals surface area contributed by atoms with Crippen LogP contribution in [0.5, 0.6) is 0 Å². The fourth-order valence-electron chi connectivity index (χ4n) is 1.40. The molecule has 0 bridgehead atoms. The molecule has 4 N–H and O–H groups in total. The molecular weight excluding hydrogens is 224 g/mol. The molecule has 6 heteroatoms. The highest BCUT2D eigenvalue weighted by Gasteiger charge is 2.22. The molecule has 6 nitrogen and oxygen atoms in total. The average molecular weight is 234 g/mol. The zero-order valence-electron chi connectivity index (χ0n) is 8.71. The normalized spacial score (nSPS) is 12.3. The molecule has 0 saturated carbocycles. The molecule has 1 aromatic carbocycles. The Morgan fingerprint density at radius 3 is 2.76 bits per heavy atom. The van der Waals surface area contributed by atoms with Gasteiger partial charge in [-0.15, -0.1) is 0 Å². The van der Waals surface area contributed by atoms with E-state index in [9.17, 15) is 9.59 Å². The SMILES string of the molecule is NC(C(=O)O)C(=O)Nc1coc2ccccc12. The molecule has 2 aromatic rings. The lowest BCUT2D eigenvalue weighted by molar-refractivity contribution is -0.141. The third-order valence-corrected chi connectivity index (χ3v) is 2.29. The van der Waals surface area contributed by atoms with Gasteiger partial charge in [-0.2, -0.15) is 0 Å². The van der Waals surface area contributed by atoms with Crippen LogP contribution in [0.1, 0.15) is 0 Å². The van der Waals surface area contributed by atoms with Crippen molar-refractivity contribution < 1.29 is 19.1 Å². The van der Waals surface area contributed by atoms with E-state index in [-0.39, 0.29) is 0 Å². The van der Waals surface area contributed by atoms with Crippen LogP contribution in [0, 0.1) is 0 Å². The Balaban J connectivity index is 2.24. The standard InChI is InChI=1S/C11H10N2O4/c12-9(11(15)16)10(14)13-7-5-17-8-4-2-1-3-6(7)8/h1-5,9H,12H2,(H,13,14)(H,15,16). The maximum atomic E-state index is 11.4. The summed E-state index contributed by atoms with van der Waals surface area (Å²) in [6, 6.07) is 5.47. The molecule has 2 rings (SSSR count). The first-order valence-corrected chi connectivity index (χ1v) is 4.85. The third kappa shape index (κ3) is 2.11. The number of benzene rings is 1. The van der Waals surface area contributed by atoms with E-state index in [0.717, 1.165) is 0 Å². The molecule has 1 unspecified atom stereocenters. The number of nitrogens with one attached hydrogen (secondary N) is 1. The van der Waals surface area contributed by atoms with Crippen LogP contribution in [0.3, 0.4) is 0 Å². The number of fused-ring (bicyclic) bond motifs is 1. The Hall–Kier alpha value is -2.34. The number of para-hydroxylation sites is 1. The van der Waals surface area contributed by atoms with Gasteiger partial charge in [-0.05, 0) is 12.1 Å². The first kappa shape index (κ1) is 11.2. The Labute approximate surface area is 96.0 Å². The number of anilines is 1. The van der Waals surface area contributed by atoms with E-state index in [1.54, 1.807) is 24.3 Å². The van der Waals surface area contributed by atoms with Crippen molar-refractivity contribution in [3.05, 3.63) is 30.5 Å². The number of carbonyl (C=O) groups is 2. The monoisotopic (exact) mass is 234 g/mol. The summed E-state index contributed by atoms with van der Waals surface area (Å²) in [6.45, 7) is 0. The number of nitrogens with two attached hydrogens (primary N) is 1. The van der Waals surface area contributed by atoms with Gasteiger partial charge in [-0.25, -0.2) is 4.79 Å². The lowest BCUT2D eigenvalue weighted by Gasteiger charge is -2.06. The van der Waals surface area contributed by atoms with Crippen molar-refractivity contribution in [3.8, 4) is 0 Å². The minimum Gasteiger partial charge on any atom is -0.480 e. The smallest absolute Gasteiger partial charge is 0.330 e. The largest absolute Gasteiger partial charge is 0.480 e. The number of rotatable bonds is 3. The molecule has 1 heterocycles. The zero-order chi connectivity index (χ0) is 12.4. The first-order valence-electron chi connectivity index (χ1n) is 4.85. The Bertz CT molecular complexity index is 576. The van der Waals surface area contributed by atoms with Crippen LogP contribution >= 0.6 is 0 Å². The predicted molar refractivity (Wildman–Crippen MR) is 60.5 cm³/mol. The quantitative estimate of drug-likeness (QED) is 0.680. The maximum absolute atomic E-state index is 11.4. The number of amides is 1. The number of aliphatic carboxylic acids is 1. The summed E-state index contributed by atoms with van der Waals surface area (Å²) in [6.07, 6.45) is 1.34. The molecule has 0 spiro atoms. The van der Waals surface area contributed by atoms with Crippen molar-refractivity contribution in [2.75, 3.05) is 5.32 Å². The number of hydrogen-bond acceptors (Lipinski definition) is 4. The number of carbonyl (C=O) groups excluding carboxylic acids is 1. The Kier molecular flexibility index (Phi) is 2.80. The summed E-state index contributed by atoms with van der Waals surface area (Å²) in [7, 11) is 0. The van der Waals surface area contributed by atoms with E-state index in [2.05, 4.69) is 5.32 Å². The predicted octanol–water partition coefficient (Wildman–Crippen LogP) is 0.783. The highest BCUT2D eigenvalue weighted by Crippen LogP contribution is 2.25. The molecule has 0 aliphatic rings. The van der Waals surface area contributed by atoms with Crippen molar-refractivity contribution in [3.63, 3.8) is 0 Å². The minimum atomic E-state index is -1.59. The fourth-order valence-corrected chi connectivity index (χ4v) is 1.40. The van der Waals surface area contributed by atoms with Crippen molar-refractivity contribution in [1.29, 1.82) is 0 Å². The van der Waals surface area contributed by atoms with E-state index in [1.807, 2.05) is 0 Å². The van der Waals surface area contributed by atoms with Gasteiger partial charge in [0.25, 0.3) is 5.91 Å². The lowest BCUT2D eigenvalue weighted by atomic mass is 10.2. The van der Waals surface area contributed by atoms with Crippen LogP contribution in [0.4, 0.5) is 5.69 Å². The Morgan fingerprint density at radius 1 is 1.35 bits per heavy atom. The molecule has 1 atom stereocenters. The summed E-state index contributed by atoms with van der Waals surface area (Å²) < 4.78 is 5.19. The fraction of sp³-hybridized carbons (Fsp3) is 0.0909. The van der Waals surface area contributed by atoms with Crippen molar-refractivity contribution in [2.24, 2.45) is 5.73 Å². The zero-order valence-corrected chi connectivity index (χ0v) is 8.71. The molecule has 0 aliphatic carbocycles.